The molecule has 7 rings (SSSR count). The number of rotatable bonds is 7. The third-order valence-corrected chi connectivity index (χ3v) is 8.74. The summed E-state index contributed by atoms with van der Waals surface area (Å²) < 4.78 is 1.49. The summed E-state index contributed by atoms with van der Waals surface area (Å²) in [7, 11) is 0. The Morgan fingerprint density at radius 3 is 2.69 bits per heavy atom. The van der Waals surface area contributed by atoms with E-state index in [1.165, 1.54) is 29.6 Å². The van der Waals surface area contributed by atoms with Gasteiger partial charge in [-0.1, -0.05) is 11.6 Å². The van der Waals surface area contributed by atoms with Crippen LogP contribution in [0.25, 0.3) is 22.7 Å². The van der Waals surface area contributed by atoms with Crippen molar-refractivity contribution in [2.24, 2.45) is 11.8 Å². The Kier molecular flexibility index (Phi) is 6.51. The van der Waals surface area contributed by atoms with Crippen molar-refractivity contribution in [2.45, 2.75) is 24.9 Å². The highest BCUT2D eigenvalue weighted by molar-refractivity contribution is 6.30. The van der Waals surface area contributed by atoms with Gasteiger partial charge < -0.3 is 20.3 Å². The third-order valence-electron chi connectivity index (χ3n) is 8.50. The quantitative estimate of drug-likeness (QED) is 0.280. The van der Waals surface area contributed by atoms with E-state index in [2.05, 4.69) is 30.7 Å². The number of hydrogen-bond acceptors (Lipinski definition) is 7. The number of amides is 2. The predicted molar refractivity (Wildman–Crippen MR) is 154 cm³/mol. The van der Waals surface area contributed by atoms with Crippen LogP contribution in [0.4, 0.5) is 5.69 Å². The lowest BCUT2D eigenvalue weighted by atomic mass is 10.1. The highest BCUT2D eigenvalue weighted by atomic mass is 35.5. The predicted octanol–water partition coefficient (Wildman–Crippen LogP) is 3.07. The van der Waals surface area contributed by atoms with Crippen LogP contribution < -0.4 is 5.32 Å². The number of carboxylic acid groups (broad SMARTS) is 1. The maximum absolute atomic E-state index is 13.9. The van der Waals surface area contributed by atoms with Crippen molar-refractivity contribution in [2.75, 3.05) is 25.0 Å². The first-order valence-electron chi connectivity index (χ1n) is 13.8. The van der Waals surface area contributed by atoms with Crippen molar-refractivity contribution >= 4 is 52.1 Å². The second-order valence-electron chi connectivity index (χ2n) is 11.1. The lowest BCUT2D eigenvalue weighted by Gasteiger charge is -2.32. The summed E-state index contributed by atoms with van der Waals surface area (Å²) >= 11 is 6.24. The number of piperidine rings is 1. The van der Waals surface area contributed by atoms with Crippen molar-refractivity contribution in [3.05, 3.63) is 71.1 Å². The van der Waals surface area contributed by atoms with Crippen molar-refractivity contribution in [3.8, 4) is 5.69 Å². The Morgan fingerprint density at radius 1 is 1.10 bits per heavy atom. The van der Waals surface area contributed by atoms with E-state index in [0.717, 1.165) is 13.1 Å². The molecule has 1 aliphatic carbocycles. The number of anilines is 1. The van der Waals surface area contributed by atoms with Crippen LogP contribution in [0.5, 0.6) is 0 Å². The number of carbonyl (C=O) groups is 3. The largest absolute Gasteiger partial charge is 0.477 e. The van der Waals surface area contributed by atoms with Gasteiger partial charge in [-0.3, -0.25) is 14.5 Å². The Labute approximate surface area is 244 Å². The smallest absolute Gasteiger partial charge is 0.352 e. The van der Waals surface area contributed by atoms with Gasteiger partial charge in [-0.2, -0.15) is 4.68 Å². The normalized spacial score (nSPS) is 23.5. The van der Waals surface area contributed by atoms with Crippen LogP contribution in [0.15, 0.2) is 54.9 Å². The van der Waals surface area contributed by atoms with Crippen molar-refractivity contribution in [1.82, 2.24) is 35.0 Å². The van der Waals surface area contributed by atoms with Gasteiger partial charge in [0.2, 0.25) is 11.8 Å². The number of carbonyl (C=O) groups excluding carboxylic acids is 2. The number of H-pyrrole nitrogens is 1. The lowest BCUT2D eigenvalue weighted by Crippen LogP contribution is -2.52. The first-order valence-corrected chi connectivity index (χ1v) is 14.1. The molecule has 0 radical (unpaired) electrons. The maximum Gasteiger partial charge on any atom is 0.352 e. The summed E-state index contributed by atoms with van der Waals surface area (Å²) in [4.78, 5) is 45.7. The van der Waals surface area contributed by atoms with Crippen molar-refractivity contribution < 1.29 is 19.5 Å². The minimum atomic E-state index is -1.06. The van der Waals surface area contributed by atoms with E-state index in [0.29, 0.717) is 57.7 Å². The molecule has 12 nitrogen and oxygen atoms in total. The zero-order valence-electron chi connectivity index (χ0n) is 22.4. The van der Waals surface area contributed by atoms with Gasteiger partial charge in [0.1, 0.15) is 18.1 Å². The van der Waals surface area contributed by atoms with E-state index >= 15 is 0 Å². The molecule has 3 fully saturated rings. The van der Waals surface area contributed by atoms with Gasteiger partial charge in [-0.05, 0) is 83.6 Å². The number of hydrogen-bond donors (Lipinski definition) is 3. The number of tetrazole rings is 1. The molecule has 4 heterocycles. The highest BCUT2D eigenvalue weighted by Crippen LogP contribution is 2.47. The number of aromatic carboxylic acids is 1. The van der Waals surface area contributed by atoms with Crippen LogP contribution in [0.3, 0.4) is 0 Å². The highest BCUT2D eigenvalue weighted by Gasteiger charge is 2.52. The van der Waals surface area contributed by atoms with Crippen LogP contribution in [-0.4, -0.2) is 89.6 Å². The van der Waals surface area contributed by atoms with Gasteiger partial charge in [-0.25, -0.2) is 4.79 Å². The molecule has 2 aromatic carbocycles. The number of aromatic amines is 1. The van der Waals surface area contributed by atoms with Crippen LogP contribution in [-0.2, 0) is 9.59 Å². The molecule has 42 heavy (non-hydrogen) atoms. The average molecular weight is 587 g/mol. The van der Waals surface area contributed by atoms with Gasteiger partial charge in [0, 0.05) is 58.9 Å². The topological polar surface area (TPSA) is 149 Å². The number of likely N-dealkylation sites (tertiary alicyclic amines) is 2. The van der Waals surface area contributed by atoms with Gasteiger partial charge in [-0.15, -0.1) is 5.10 Å². The molecule has 2 saturated heterocycles. The second-order valence-corrected chi connectivity index (χ2v) is 11.5. The summed E-state index contributed by atoms with van der Waals surface area (Å²) in [5.41, 5.74) is 2.57. The summed E-state index contributed by atoms with van der Waals surface area (Å²) in [6.07, 6.45) is 6.52. The lowest BCUT2D eigenvalue weighted by molar-refractivity contribution is -0.133. The molecule has 4 aromatic rings. The number of benzene rings is 2. The Hall–Kier alpha value is -4.55. The van der Waals surface area contributed by atoms with E-state index in [-0.39, 0.29) is 23.6 Å². The zero-order chi connectivity index (χ0) is 29.0. The van der Waals surface area contributed by atoms with Gasteiger partial charge >= 0.3 is 5.97 Å². The second kappa shape index (κ2) is 10.4. The number of aromatic nitrogens is 5. The molecule has 0 bridgehead atoms. The van der Waals surface area contributed by atoms with Crippen molar-refractivity contribution in [3.63, 3.8) is 0 Å². The van der Waals surface area contributed by atoms with E-state index < -0.39 is 12.0 Å². The number of fused-ring (bicyclic) bond motifs is 2. The number of halogens is 1. The van der Waals surface area contributed by atoms with E-state index in [1.54, 1.807) is 47.4 Å². The van der Waals surface area contributed by atoms with Crippen LogP contribution in [0, 0.1) is 11.8 Å². The van der Waals surface area contributed by atoms with E-state index in [1.807, 2.05) is 0 Å². The number of carboxylic acids is 1. The molecular formula is C29H27ClN8O4. The Balaban J connectivity index is 1.15. The minimum absolute atomic E-state index is 0.0726. The molecule has 3 N–H and O–H groups in total. The molecule has 4 atom stereocenters. The zero-order valence-corrected chi connectivity index (χ0v) is 23.1. The van der Waals surface area contributed by atoms with E-state index in [9.17, 15) is 19.5 Å². The first kappa shape index (κ1) is 26.4. The van der Waals surface area contributed by atoms with Gasteiger partial charge in [0.25, 0.3) is 0 Å². The fourth-order valence-electron chi connectivity index (χ4n) is 6.36. The van der Waals surface area contributed by atoms with Crippen molar-refractivity contribution in [1.29, 1.82) is 0 Å². The standard InChI is InChI=1S/C29H27ClN8O4/c30-20-2-5-24(38-15-31-34-35-38)16(10-20)1-6-26(39)37-8-7-25(36-13-18-9-19(18)14-36)27(37)28(40)32-21-3-4-22-17(11-21)12-23(33-22)29(41)42/h1-6,10-12,15,18-19,25,27,33H,7-9,13-14H2,(H,32,40)(H,41,42)/b6-1+/t18?,19?,25-,27+/m1/s1. The van der Waals surface area contributed by atoms with Crippen LogP contribution in [0.1, 0.15) is 28.9 Å². The van der Waals surface area contributed by atoms with E-state index in [4.69, 9.17) is 11.6 Å². The molecule has 214 valence electrons. The molecule has 2 aromatic heterocycles. The number of nitrogens with one attached hydrogen (secondary N) is 2. The molecule has 3 aliphatic rings. The fraction of sp³-hybridized carbons (Fsp3) is 0.310. The Bertz CT molecular complexity index is 1720. The van der Waals surface area contributed by atoms with Crippen LogP contribution in [0.2, 0.25) is 5.02 Å². The minimum Gasteiger partial charge on any atom is -0.477 e. The molecule has 2 amide bonds. The average Bonchev–Trinajstić information content (AvgIpc) is 3.53. The molecule has 13 heteroatoms. The molecular weight excluding hydrogens is 560 g/mol. The monoisotopic (exact) mass is 586 g/mol. The van der Waals surface area contributed by atoms with Gasteiger partial charge in [0.15, 0.2) is 0 Å². The maximum atomic E-state index is 13.9. The Morgan fingerprint density at radius 2 is 1.93 bits per heavy atom. The fourth-order valence-corrected chi connectivity index (χ4v) is 6.55. The summed E-state index contributed by atoms with van der Waals surface area (Å²) in [6, 6.07) is 11.2. The summed E-state index contributed by atoms with van der Waals surface area (Å²) in [5.74, 6) is -0.239. The van der Waals surface area contributed by atoms with Crippen LogP contribution >= 0.6 is 11.6 Å². The molecule has 2 unspecified atom stereocenters. The summed E-state index contributed by atoms with van der Waals surface area (Å²) in [6.45, 7) is 2.34. The third kappa shape index (κ3) is 4.92. The molecule has 1 saturated carbocycles. The summed E-state index contributed by atoms with van der Waals surface area (Å²) in [5, 5.41) is 24.8. The SMILES string of the molecule is O=C(O)c1cc2cc(NC(=O)[C@@H]3[C@H](N4CC5CC5C4)CCN3C(=O)/C=C/c3cc(Cl)ccc3-n3cnnn3)ccc2[nH]1. The number of nitrogens with zero attached hydrogens (tertiary/aromatic N) is 6. The molecule has 2 aliphatic heterocycles. The van der Waals surface area contributed by atoms with Gasteiger partial charge in [0.05, 0.1) is 5.69 Å². The molecule has 0 spiro atoms. The first-order chi connectivity index (χ1) is 20.3.